The largest absolute Gasteiger partial charge is 0.393 e. The molecule has 36 heavy (non-hydrogen) atoms. The summed E-state index contributed by atoms with van der Waals surface area (Å²) in [6.07, 6.45) is -0.961. The molecule has 2 atom stereocenters. The van der Waals surface area contributed by atoms with Crippen LogP contribution in [0, 0.1) is 23.2 Å². The van der Waals surface area contributed by atoms with E-state index in [-0.39, 0.29) is 41.7 Å². The van der Waals surface area contributed by atoms with E-state index in [4.69, 9.17) is 0 Å². The highest BCUT2D eigenvalue weighted by Gasteiger charge is 2.46. The summed E-state index contributed by atoms with van der Waals surface area (Å²) < 4.78 is 67.2. The molecule has 1 saturated heterocycles. The maximum Gasteiger partial charge on any atom is 0.393 e. The van der Waals surface area contributed by atoms with E-state index in [1.54, 1.807) is 10.7 Å². The number of alkyl halides is 3. The van der Waals surface area contributed by atoms with Crippen molar-refractivity contribution < 1.29 is 21.6 Å². The zero-order valence-corrected chi connectivity index (χ0v) is 19.8. The van der Waals surface area contributed by atoms with Crippen molar-refractivity contribution in [1.29, 1.82) is 5.26 Å². The van der Waals surface area contributed by atoms with E-state index in [0.29, 0.717) is 22.5 Å². The first kappa shape index (κ1) is 24.3. The standard InChI is InChI=1S/C23H23F3N6O3S/c24-23(25,26)15-9-12-31(13-15)36(34,35)17-5-3-16(4-6-17)29-21-20-19(8-11-28-22(20)33)32(30-21)18(7-10-27)14-1-2-14/h3-6,8,11,14-15,18H,1-2,7,9,12-13H2,(H,28,33)(H,29,30)/t15-,18+/m1/s1. The van der Waals surface area contributed by atoms with Crippen molar-refractivity contribution in [3.8, 4) is 6.07 Å². The molecule has 2 aromatic heterocycles. The maximum absolute atomic E-state index is 13.0. The molecule has 13 heteroatoms. The predicted molar refractivity (Wildman–Crippen MR) is 125 cm³/mol. The molecule has 2 N–H and O–H groups in total. The number of hydrogen-bond donors (Lipinski definition) is 2. The van der Waals surface area contributed by atoms with Gasteiger partial charge in [0.2, 0.25) is 10.0 Å². The third-order valence-corrected chi connectivity index (χ3v) is 8.66. The van der Waals surface area contributed by atoms with Gasteiger partial charge in [-0.3, -0.25) is 9.48 Å². The summed E-state index contributed by atoms with van der Waals surface area (Å²) in [5.41, 5.74) is 0.669. The molecule has 0 amide bonds. The molecule has 2 aliphatic rings. The first-order valence-corrected chi connectivity index (χ1v) is 12.9. The maximum atomic E-state index is 13.0. The summed E-state index contributed by atoms with van der Waals surface area (Å²) in [6, 6.07) is 9.31. The average molecular weight is 521 g/mol. The van der Waals surface area contributed by atoms with E-state index in [1.165, 1.54) is 30.5 Å². The Balaban J connectivity index is 1.41. The summed E-state index contributed by atoms with van der Waals surface area (Å²) in [4.78, 5) is 15.1. The molecular formula is C23H23F3N6O3S. The molecule has 0 unspecified atom stereocenters. The summed E-state index contributed by atoms with van der Waals surface area (Å²) >= 11 is 0. The number of nitrogens with one attached hydrogen (secondary N) is 2. The molecule has 190 valence electrons. The van der Waals surface area contributed by atoms with Crippen molar-refractivity contribution in [3.63, 3.8) is 0 Å². The Labute approximate surface area is 204 Å². The highest BCUT2D eigenvalue weighted by atomic mass is 32.2. The van der Waals surface area contributed by atoms with E-state index in [9.17, 15) is 31.6 Å². The van der Waals surface area contributed by atoms with Crippen LogP contribution in [0.2, 0.25) is 0 Å². The van der Waals surface area contributed by atoms with Crippen LogP contribution in [-0.4, -0.2) is 46.8 Å². The highest BCUT2D eigenvalue weighted by molar-refractivity contribution is 7.89. The van der Waals surface area contributed by atoms with Crippen LogP contribution in [0.4, 0.5) is 24.7 Å². The number of fused-ring (bicyclic) bond motifs is 1. The van der Waals surface area contributed by atoms with Crippen LogP contribution in [0.15, 0.2) is 46.2 Å². The monoisotopic (exact) mass is 520 g/mol. The fourth-order valence-electron chi connectivity index (χ4n) is 4.68. The minimum absolute atomic E-state index is 0.119. The van der Waals surface area contributed by atoms with Crippen LogP contribution >= 0.6 is 0 Å². The Morgan fingerprint density at radius 2 is 1.92 bits per heavy atom. The second-order valence-corrected chi connectivity index (χ2v) is 11.1. The molecule has 1 aliphatic heterocycles. The summed E-state index contributed by atoms with van der Waals surface area (Å²) in [6.45, 7) is -0.785. The van der Waals surface area contributed by atoms with Crippen LogP contribution < -0.4 is 10.9 Å². The van der Waals surface area contributed by atoms with Gasteiger partial charge in [-0.1, -0.05) is 0 Å². The van der Waals surface area contributed by atoms with E-state index in [0.717, 1.165) is 17.1 Å². The van der Waals surface area contributed by atoms with Crippen LogP contribution in [0.5, 0.6) is 0 Å². The molecule has 1 aromatic carbocycles. The number of benzene rings is 1. The van der Waals surface area contributed by atoms with E-state index in [1.807, 2.05) is 0 Å². The predicted octanol–water partition coefficient (Wildman–Crippen LogP) is 3.91. The number of pyridine rings is 1. The Hall–Kier alpha value is -3.37. The minimum atomic E-state index is -4.44. The van der Waals surface area contributed by atoms with Crippen molar-refractivity contribution in [2.24, 2.45) is 11.8 Å². The van der Waals surface area contributed by atoms with Gasteiger partial charge in [0.05, 0.1) is 34.9 Å². The molecule has 1 saturated carbocycles. The van der Waals surface area contributed by atoms with Gasteiger partial charge in [0.25, 0.3) is 5.56 Å². The lowest BCUT2D eigenvalue weighted by atomic mass is 10.1. The number of H-pyrrole nitrogens is 1. The Kier molecular flexibility index (Phi) is 6.04. The molecule has 9 nitrogen and oxygen atoms in total. The second-order valence-electron chi connectivity index (χ2n) is 9.17. The average Bonchev–Trinajstić information content (AvgIpc) is 3.40. The number of nitrogens with zero attached hydrogens (tertiary/aromatic N) is 4. The highest BCUT2D eigenvalue weighted by Crippen LogP contribution is 2.43. The lowest BCUT2D eigenvalue weighted by Gasteiger charge is -2.18. The van der Waals surface area contributed by atoms with Gasteiger partial charge in [-0.25, -0.2) is 8.42 Å². The number of hydrogen-bond acceptors (Lipinski definition) is 6. The van der Waals surface area contributed by atoms with Gasteiger partial charge < -0.3 is 10.3 Å². The Morgan fingerprint density at radius 3 is 2.53 bits per heavy atom. The third kappa shape index (κ3) is 4.46. The first-order chi connectivity index (χ1) is 17.1. The molecule has 0 bridgehead atoms. The molecule has 5 rings (SSSR count). The van der Waals surface area contributed by atoms with Gasteiger partial charge in [0.15, 0.2) is 5.82 Å². The summed E-state index contributed by atoms with van der Waals surface area (Å²) in [7, 11) is -4.08. The molecule has 0 spiro atoms. The van der Waals surface area contributed by atoms with Crippen molar-refractivity contribution in [2.75, 3.05) is 18.4 Å². The van der Waals surface area contributed by atoms with Gasteiger partial charge in [-0.2, -0.15) is 27.8 Å². The Bertz CT molecular complexity index is 1490. The first-order valence-electron chi connectivity index (χ1n) is 11.5. The van der Waals surface area contributed by atoms with Crippen molar-refractivity contribution in [1.82, 2.24) is 19.1 Å². The van der Waals surface area contributed by atoms with Gasteiger partial charge in [0, 0.05) is 25.0 Å². The molecule has 0 radical (unpaired) electrons. The van der Waals surface area contributed by atoms with Gasteiger partial charge in [0.1, 0.15) is 5.39 Å². The molecular weight excluding hydrogens is 497 g/mol. The summed E-state index contributed by atoms with van der Waals surface area (Å²) in [5.74, 6) is -1.10. The van der Waals surface area contributed by atoms with Crippen molar-refractivity contribution >= 4 is 32.4 Å². The van der Waals surface area contributed by atoms with Crippen molar-refractivity contribution in [2.45, 2.75) is 42.8 Å². The normalized spacial score (nSPS) is 19.9. The number of aromatic amines is 1. The third-order valence-electron chi connectivity index (χ3n) is 6.78. The number of rotatable bonds is 7. The fourth-order valence-corrected chi connectivity index (χ4v) is 6.18. The van der Waals surface area contributed by atoms with E-state index >= 15 is 0 Å². The number of sulfonamides is 1. The van der Waals surface area contributed by atoms with Crippen LogP contribution in [0.25, 0.3) is 10.9 Å². The lowest BCUT2D eigenvalue weighted by Crippen LogP contribution is -2.32. The minimum Gasteiger partial charge on any atom is -0.338 e. The number of nitriles is 1. The smallest absolute Gasteiger partial charge is 0.338 e. The van der Waals surface area contributed by atoms with Crippen LogP contribution in [0.1, 0.15) is 31.7 Å². The zero-order chi connectivity index (χ0) is 25.7. The van der Waals surface area contributed by atoms with Gasteiger partial charge in [-0.15, -0.1) is 0 Å². The number of anilines is 2. The second kappa shape index (κ2) is 8.94. The number of aromatic nitrogens is 3. The molecule has 1 aliphatic carbocycles. The summed E-state index contributed by atoms with van der Waals surface area (Å²) in [5, 5.41) is 17.2. The SMILES string of the molecule is N#CC[C@@H](C1CC1)n1nc(Nc2ccc(S(=O)(=O)N3CC[C@@H](C(F)(F)F)C3)cc2)c2c(=O)[nH]ccc21. The van der Waals surface area contributed by atoms with E-state index in [2.05, 4.69) is 21.5 Å². The molecule has 2 fully saturated rings. The lowest BCUT2D eigenvalue weighted by molar-refractivity contribution is -0.169. The quantitative estimate of drug-likeness (QED) is 0.487. The van der Waals surface area contributed by atoms with Crippen LogP contribution in [0.3, 0.4) is 0 Å². The van der Waals surface area contributed by atoms with Crippen molar-refractivity contribution in [3.05, 3.63) is 46.9 Å². The van der Waals surface area contributed by atoms with Crippen LogP contribution in [-0.2, 0) is 10.0 Å². The van der Waals surface area contributed by atoms with Gasteiger partial charge >= 0.3 is 6.18 Å². The topological polar surface area (TPSA) is 124 Å². The zero-order valence-electron chi connectivity index (χ0n) is 19.0. The number of halogens is 3. The molecule has 3 heterocycles. The fraction of sp³-hybridized carbons (Fsp3) is 0.435. The molecule has 3 aromatic rings. The van der Waals surface area contributed by atoms with Gasteiger partial charge in [-0.05, 0) is 55.5 Å². The Morgan fingerprint density at radius 1 is 1.19 bits per heavy atom. The van der Waals surface area contributed by atoms with E-state index < -0.39 is 28.7 Å².